The molecule has 0 radical (unpaired) electrons. The molecule has 1 aliphatic rings. The zero-order valence-corrected chi connectivity index (χ0v) is 13.5. The number of amides is 1. The topological polar surface area (TPSA) is 38.3 Å². The van der Waals surface area contributed by atoms with Crippen LogP contribution in [0.4, 0.5) is 0 Å². The van der Waals surface area contributed by atoms with Crippen molar-refractivity contribution in [2.24, 2.45) is 0 Å². The first-order valence-corrected chi connectivity index (χ1v) is 8.18. The summed E-state index contributed by atoms with van der Waals surface area (Å²) in [7, 11) is 1.63. The van der Waals surface area contributed by atoms with Crippen LogP contribution in [0, 0.1) is 0 Å². The Labute approximate surface area is 137 Å². The second kappa shape index (κ2) is 6.86. The van der Waals surface area contributed by atoms with Gasteiger partial charge in [0.15, 0.2) is 0 Å². The maximum Gasteiger partial charge on any atom is 0.224 e. The number of benzene rings is 2. The Morgan fingerprint density at radius 1 is 1.09 bits per heavy atom. The summed E-state index contributed by atoms with van der Waals surface area (Å²) >= 11 is 0. The molecular weight excluding hydrogens is 286 g/mol. The molecular formula is C20H23NO2. The highest BCUT2D eigenvalue weighted by molar-refractivity contribution is 5.79. The fourth-order valence-corrected chi connectivity index (χ4v) is 3.32. The van der Waals surface area contributed by atoms with Gasteiger partial charge in [0.25, 0.3) is 0 Å². The van der Waals surface area contributed by atoms with E-state index in [1.807, 2.05) is 30.3 Å². The summed E-state index contributed by atoms with van der Waals surface area (Å²) in [6.45, 7) is 0.713. The minimum absolute atomic E-state index is 0.0525. The van der Waals surface area contributed by atoms with Gasteiger partial charge in [0.1, 0.15) is 5.75 Å². The van der Waals surface area contributed by atoms with Gasteiger partial charge >= 0.3 is 0 Å². The number of hydrogen-bond acceptors (Lipinski definition) is 2. The molecule has 0 atom stereocenters. The third-order valence-corrected chi connectivity index (χ3v) is 4.86. The number of para-hydroxylation sites is 1. The van der Waals surface area contributed by atoms with Crippen LogP contribution in [-0.4, -0.2) is 19.6 Å². The largest absolute Gasteiger partial charge is 0.496 e. The molecule has 3 nitrogen and oxygen atoms in total. The molecule has 23 heavy (non-hydrogen) atoms. The average Bonchev–Trinajstić information content (AvgIpc) is 2.55. The summed E-state index contributed by atoms with van der Waals surface area (Å²) in [5.74, 6) is 0.820. The maximum atomic E-state index is 12.3. The quantitative estimate of drug-likeness (QED) is 0.887. The van der Waals surface area contributed by atoms with Gasteiger partial charge in [-0.05, 0) is 24.5 Å². The normalized spacial score (nSPS) is 15.5. The molecule has 0 aromatic heterocycles. The molecule has 2 aromatic rings. The van der Waals surface area contributed by atoms with E-state index in [4.69, 9.17) is 4.74 Å². The zero-order chi connectivity index (χ0) is 16.1. The highest BCUT2D eigenvalue weighted by atomic mass is 16.5. The second-order valence-electron chi connectivity index (χ2n) is 6.27. The summed E-state index contributed by atoms with van der Waals surface area (Å²) in [6.07, 6.45) is 3.88. The van der Waals surface area contributed by atoms with Crippen molar-refractivity contribution in [2.75, 3.05) is 13.7 Å². The number of carbonyl (C=O) groups is 1. The molecule has 0 aliphatic heterocycles. The van der Waals surface area contributed by atoms with E-state index >= 15 is 0 Å². The van der Waals surface area contributed by atoms with Crippen LogP contribution in [-0.2, 0) is 16.6 Å². The molecule has 3 heteroatoms. The van der Waals surface area contributed by atoms with Gasteiger partial charge in [-0.15, -0.1) is 0 Å². The summed E-state index contributed by atoms with van der Waals surface area (Å²) < 4.78 is 5.31. The average molecular weight is 309 g/mol. The van der Waals surface area contributed by atoms with Gasteiger partial charge in [0.2, 0.25) is 5.91 Å². The predicted octanol–water partition coefficient (Wildman–Crippen LogP) is 3.48. The van der Waals surface area contributed by atoms with Crippen molar-refractivity contribution >= 4 is 5.91 Å². The van der Waals surface area contributed by atoms with Gasteiger partial charge in [-0.1, -0.05) is 55.0 Å². The second-order valence-corrected chi connectivity index (χ2v) is 6.27. The first kappa shape index (κ1) is 15.6. The monoisotopic (exact) mass is 309 g/mol. The van der Waals surface area contributed by atoms with Crippen molar-refractivity contribution in [3.63, 3.8) is 0 Å². The maximum absolute atomic E-state index is 12.3. The van der Waals surface area contributed by atoms with Crippen molar-refractivity contribution in [2.45, 2.75) is 31.1 Å². The van der Waals surface area contributed by atoms with E-state index in [0.717, 1.165) is 24.2 Å². The molecule has 3 rings (SSSR count). The molecule has 1 aliphatic carbocycles. The molecule has 1 amide bonds. The van der Waals surface area contributed by atoms with Gasteiger partial charge in [0.05, 0.1) is 13.5 Å². The van der Waals surface area contributed by atoms with Gasteiger partial charge < -0.3 is 10.1 Å². The van der Waals surface area contributed by atoms with E-state index in [1.54, 1.807) is 7.11 Å². The first-order chi connectivity index (χ1) is 11.2. The number of hydrogen-bond donors (Lipinski definition) is 1. The van der Waals surface area contributed by atoms with E-state index in [2.05, 4.69) is 29.6 Å². The Hall–Kier alpha value is -2.29. The predicted molar refractivity (Wildman–Crippen MR) is 91.7 cm³/mol. The van der Waals surface area contributed by atoms with Crippen molar-refractivity contribution in [3.05, 3.63) is 65.7 Å². The van der Waals surface area contributed by atoms with Crippen LogP contribution in [0.25, 0.3) is 0 Å². The lowest BCUT2D eigenvalue weighted by molar-refractivity contribution is -0.120. The summed E-state index contributed by atoms with van der Waals surface area (Å²) in [6, 6.07) is 18.2. The van der Waals surface area contributed by atoms with E-state index in [-0.39, 0.29) is 11.3 Å². The van der Waals surface area contributed by atoms with Crippen LogP contribution in [0.1, 0.15) is 30.4 Å². The Bertz CT molecular complexity index is 662. The van der Waals surface area contributed by atoms with E-state index in [0.29, 0.717) is 13.0 Å². The summed E-state index contributed by atoms with van der Waals surface area (Å²) in [4.78, 5) is 12.3. The molecule has 0 unspecified atom stereocenters. The molecule has 0 bridgehead atoms. The van der Waals surface area contributed by atoms with E-state index in [9.17, 15) is 4.79 Å². The Balaban J connectivity index is 1.62. The van der Waals surface area contributed by atoms with Crippen molar-refractivity contribution < 1.29 is 9.53 Å². The van der Waals surface area contributed by atoms with Crippen LogP contribution in [0.5, 0.6) is 5.75 Å². The number of methoxy groups -OCH3 is 1. The van der Waals surface area contributed by atoms with Crippen LogP contribution in [0.3, 0.4) is 0 Å². The Morgan fingerprint density at radius 2 is 1.78 bits per heavy atom. The molecule has 1 saturated carbocycles. The fourth-order valence-electron chi connectivity index (χ4n) is 3.32. The number of rotatable bonds is 6. The van der Waals surface area contributed by atoms with Crippen LogP contribution in [0.2, 0.25) is 0 Å². The molecule has 2 aromatic carbocycles. The zero-order valence-electron chi connectivity index (χ0n) is 13.5. The number of nitrogens with one attached hydrogen (secondary N) is 1. The Morgan fingerprint density at radius 3 is 2.43 bits per heavy atom. The van der Waals surface area contributed by atoms with Gasteiger partial charge in [-0.25, -0.2) is 0 Å². The third-order valence-electron chi connectivity index (χ3n) is 4.86. The lowest BCUT2D eigenvalue weighted by atomic mass is 9.64. The van der Waals surface area contributed by atoms with Crippen molar-refractivity contribution in [1.29, 1.82) is 0 Å². The molecule has 1 fully saturated rings. The smallest absolute Gasteiger partial charge is 0.224 e. The molecule has 0 heterocycles. The van der Waals surface area contributed by atoms with Gasteiger partial charge in [-0.3, -0.25) is 4.79 Å². The molecule has 0 spiro atoms. The minimum atomic E-state index is 0.0525. The van der Waals surface area contributed by atoms with Crippen LogP contribution < -0.4 is 10.1 Å². The van der Waals surface area contributed by atoms with Crippen molar-refractivity contribution in [3.8, 4) is 5.75 Å². The molecule has 0 saturated heterocycles. The highest BCUT2D eigenvalue weighted by Gasteiger charge is 2.38. The first-order valence-electron chi connectivity index (χ1n) is 8.18. The lowest BCUT2D eigenvalue weighted by Gasteiger charge is -2.42. The van der Waals surface area contributed by atoms with Crippen LogP contribution in [0.15, 0.2) is 54.6 Å². The van der Waals surface area contributed by atoms with Gasteiger partial charge in [-0.2, -0.15) is 0 Å². The lowest BCUT2D eigenvalue weighted by Crippen LogP contribution is -2.45. The minimum Gasteiger partial charge on any atom is -0.496 e. The number of ether oxygens (including phenoxy) is 1. The van der Waals surface area contributed by atoms with E-state index in [1.165, 1.54) is 12.0 Å². The summed E-state index contributed by atoms with van der Waals surface area (Å²) in [5.41, 5.74) is 2.39. The van der Waals surface area contributed by atoms with E-state index < -0.39 is 0 Å². The summed E-state index contributed by atoms with van der Waals surface area (Å²) in [5, 5.41) is 3.13. The third kappa shape index (κ3) is 3.39. The SMILES string of the molecule is COc1ccccc1CC(=O)NCC1(c2ccccc2)CCC1. The standard InChI is InChI=1S/C20H23NO2/c1-23-18-11-6-5-8-16(18)14-19(22)21-15-20(12-7-13-20)17-9-3-2-4-10-17/h2-6,8-11H,7,12-15H2,1H3,(H,21,22). The Kier molecular flexibility index (Phi) is 4.65. The van der Waals surface area contributed by atoms with Crippen molar-refractivity contribution in [1.82, 2.24) is 5.32 Å². The van der Waals surface area contributed by atoms with Gasteiger partial charge in [0, 0.05) is 17.5 Å². The molecule has 120 valence electrons. The van der Waals surface area contributed by atoms with Crippen LogP contribution >= 0.6 is 0 Å². The fraction of sp³-hybridized carbons (Fsp3) is 0.350. The number of carbonyl (C=O) groups excluding carboxylic acids is 1. The highest BCUT2D eigenvalue weighted by Crippen LogP contribution is 2.43. The molecule has 1 N–H and O–H groups in total.